The van der Waals surface area contributed by atoms with E-state index in [9.17, 15) is 4.79 Å². The lowest BCUT2D eigenvalue weighted by Gasteiger charge is -2.11. The van der Waals surface area contributed by atoms with Crippen molar-refractivity contribution in [3.8, 4) is 0 Å². The molecule has 0 spiro atoms. The minimum atomic E-state index is -0.826. The molecule has 0 aromatic rings. The number of carboxylic acids is 1. The van der Waals surface area contributed by atoms with Gasteiger partial charge in [-0.3, -0.25) is 4.79 Å². The third kappa shape index (κ3) is 2.75. The van der Waals surface area contributed by atoms with Crippen LogP contribution in [0.2, 0.25) is 0 Å². The maximum Gasteiger partial charge on any atom is 0.316 e. The quantitative estimate of drug-likeness (QED) is 0.594. The highest BCUT2D eigenvalue weighted by Gasteiger charge is 2.17. The molecule has 0 saturated heterocycles. The Morgan fingerprint density at radius 3 is 2.33 bits per heavy atom. The highest BCUT2D eigenvalue weighted by Crippen LogP contribution is 2.12. The summed E-state index contributed by atoms with van der Waals surface area (Å²) in [6, 6.07) is 0. The predicted octanol–water partition coefficient (Wildman–Crippen LogP) is 1.42. The van der Waals surface area contributed by atoms with Crippen LogP contribution in [-0.2, 0) is 4.79 Å². The van der Waals surface area contributed by atoms with Crippen LogP contribution >= 0.6 is 12.6 Å². The summed E-state index contributed by atoms with van der Waals surface area (Å²) in [7, 11) is 0. The van der Waals surface area contributed by atoms with Crippen molar-refractivity contribution in [2.45, 2.75) is 25.5 Å². The van der Waals surface area contributed by atoms with Crippen LogP contribution in [0.4, 0.5) is 0 Å². The van der Waals surface area contributed by atoms with Gasteiger partial charge in [-0.2, -0.15) is 12.6 Å². The van der Waals surface area contributed by atoms with Crippen LogP contribution in [0.3, 0.4) is 0 Å². The van der Waals surface area contributed by atoms with E-state index in [1.165, 1.54) is 0 Å². The van der Waals surface area contributed by atoms with E-state index >= 15 is 0 Å². The Balaban J connectivity index is 3.72. The molecule has 1 N–H and O–H groups in total. The van der Waals surface area contributed by atoms with E-state index < -0.39 is 11.2 Å². The normalized spacial score (nSPS) is 16.8. The zero-order chi connectivity index (χ0) is 7.44. The van der Waals surface area contributed by atoms with E-state index in [4.69, 9.17) is 5.11 Å². The standard InChI is InChI=1S/C6H12O2S/c1-3-4(2)5(9)6(7)8/h4-5,9H,3H2,1-2H3,(H,7,8)/t4-,5+/m0/s1. The van der Waals surface area contributed by atoms with Gasteiger partial charge in [0.15, 0.2) is 0 Å². The molecule has 0 aliphatic heterocycles. The molecule has 2 nitrogen and oxygen atoms in total. The summed E-state index contributed by atoms with van der Waals surface area (Å²) < 4.78 is 0. The van der Waals surface area contributed by atoms with Crippen molar-refractivity contribution in [3.63, 3.8) is 0 Å². The number of hydrogen-bond acceptors (Lipinski definition) is 2. The fraction of sp³-hybridized carbons (Fsp3) is 0.833. The summed E-state index contributed by atoms with van der Waals surface area (Å²) in [5, 5.41) is 7.90. The Bertz CT molecular complexity index is 103. The van der Waals surface area contributed by atoms with Crippen molar-refractivity contribution in [2.24, 2.45) is 5.92 Å². The van der Waals surface area contributed by atoms with Gasteiger partial charge in [0, 0.05) is 0 Å². The van der Waals surface area contributed by atoms with E-state index in [-0.39, 0.29) is 5.92 Å². The average molecular weight is 148 g/mol. The maximum atomic E-state index is 10.2. The van der Waals surface area contributed by atoms with Gasteiger partial charge in [-0.25, -0.2) is 0 Å². The molecule has 9 heavy (non-hydrogen) atoms. The fourth-order valence-electron chi connectivity index (χ4n) is 0.467. The minimum Gasteiger partial charge on any atom is -0.480 e. The van der Waals surface area contributed by atoms with Gasteiger partial charge < -0.3 is 5.11 Å². The van der Waals surface area contributed by atoms with Crippen molar-refractivity contribution in [1.29, 1.82) is 0 Å². The minimum absolute atomic E-state index is 0.158. The average Bonchev–Trinajstić information content (AvgIpc) is 1.84. The van der Waals surface area contributed by atoms with Gasteiger partial charge in [0.25, 0.3) is 0 Å². The molecule has 0 amide bonds. The van der Waals surface area contributed by atoms with Gasteiger partial charge in [0.05, 0.1) is 0 Å². The zero-order valence-electron chi connectivity index (χ0n) is 5.66. The SMILES string of the molecule is CC[C@H](C)[C@@H](S)C(=O)O. The molecule has 0 radical (unpaired) electrons. The Kier molecular flexibility index (Phi) is 3.70. The van der Waals surface area contributed by atoms with Gasteiger partial charge in [-0.15, -0.1) is 0 Å². The summed E-state index contributed by atoms with van der Waals surface area (Å²) in [5.74, 6) is -0.668. The summed E-state index contributed by atoms with van der Waals surface area (Å²) in [5.41, 5.74) is 0. The number of carboxylic acid groups (broad SMARTS) is 1. The molecule has 0 rings (SSSR count). The molecule has 0 unspecified atom stereocenters. The van der Waals surface area contributed by atoms with Crippen molar-refractivity contribution < 1.29 is 9.90 Å². The second kappa shape index (κ2) is 3.77. The molecule has 0 aromatic heterocycles. The molecule has 54 valence electrons. The smallest absolute Gasteiger partial charge is 0.316 e. The lowest BCUT2D eigenvalue weighted by molar-refractivity contribution is -0.137. The summed E-state index contributed by atoms with van der Waals surface area (Å²) >= 11 is 3.90. The first-order valence-corrected chi connectivity index (χ1v) is 3.52. The van der Waals surface area contributed by atoms with Gasteiger partial charge in [0.2, 0.25) is 0 Å². The van der Waals surface area contributed by atoms with E-state index in [0.29, 0.717) is 0 Å². The molecule has 0 bridgehead atoms. The molecule has 0 aromatic carbocycles. The van der Waals surface area contributed by atoms with Crippen LogP contribution in [0.1, 0.15) is 20.3 Å². The Morgan fingerprint density at radius 2 is 2.22 bits per heavy atom. The van der Waals surface area contributed by atoms with Gasteiger partial charge in [-0.1, -0.05) is 20.3 Å². The first-order valence-electron chi connectivity index (χ1n) is 3.00. The van der Waals surface area contributed by atoms with E-state index in [2.05, 4.69) is 12.6 Å². The molecule has 0 saturated carbocycles. The highest BCUT2D eigenvalue weighted by atomic mass is 32.1. The number of rotatable bonds is 3. The molecule has 0 heterocycles. The third-order valence-corrected chi connectivity index (χ3v) is 2.17. The highest BCUT2D eigenvalue weighted by molar-refractivity contribution is 7.81. The molecular weight excluding hydrogens is 136 g/mol. The van der Waals surface area contributed by atoms with E-state index in [1.807, 2.05) is 13.8 Å². The van der Waals surface area contributed by atoms with Crippen LogP contribution in [0, 0.1) is 5.92 Å². The Morgan fingerprint density at radius 1 is 1.78 bits per heavy atom. The fourth-order valence-corrected chi connectivity index (χ4v) is 0.677. The van der Waals surface area contributed by atoms with Gasteiger partial charge >= 0.3 is 5.97 Å². The van der Waals surface area contributed by atoms with Crippen molar-refractivity contribution >= 4 is 18.6 Å². The third-order valence-electron chi connectivity index (χ3n) is 1.44. The van der Waals surface area contributed by atoms with E-state index in [1.54, 1.807) is 0 Å². The van der Waals surface area contributed by atoms with Crippen LogP contribution in [0.15, 0.2) is 0 Å². The second-order valence-corrected chi connectivity index (χ2v) is 2.72. The molecule has 0 fully saturated rings. The van der Waals surface area contributed by atoms with Crippen molar-refractivity contribution in [2.75, 3.05) is 0 Å². The Hall–Kier alpha value is -0.180. The molecular formula is C6H12O2S. The second-order valence-electron chi connectivity index (χ2n) is 2.17. The zero-order valence-corrected chi connectivity index (χ0v) is 6.56. The van der Waals surface area contributed by atoms with Crippen LogP contribution in [0.25, 0.3) is 0 Å². The van der Waals surface area contributed by atoms with Gasteiger partial charge in [-0.05, 0) is 5.92 Å². The summed E-state index contributed by atoms with van der Waals surface area (Å²) in [6.45, 7) is 3.84. The monoisotopic (exact) mass is 148 g/mol. The first kappa shape index (κ1) is 8.82. The number of aliphatic carboxylic acids is 1. The number of carbonyl (C=O) groups is 1. The molecule has 2 atom stereocenters. The first-order chi connectivity index (χ1) is 4.09. The topological polar surface area (TPSA) is 37.3 Å². The van der Waals surface area contributed by atoms with Crippen molar-refractivity contribution in [1.82, 2.24) is 0 Å². The predicted molar refractivity (Wildman–Crippen MR) is 39.9 cm³/mol. The van der Waals surface area contributed by atoms with Crippen LogP contribution in [0.5, 0.6) is 0 Å². The maximum absolute atomic E-state index is 10.2. The van der Waals surface area contributed by atoms with Crippen LogP contribution < -0.4 is 0 Å². The number of thiol groups is 1. The van der Waals surface area contributed by atoms with Crippen molar-refractivity contribution in [3.05, 3.63) is 0 Å². The summed E-state index contributed by atoms with van der Waals surface area (Å²) in [4.78, 5) is 10.2. The van der Waals surface area contributed by atoms with E-state index in [0.717, 1.165) is 6.42 Å². The van der Waals surface area contributed by atoms with Crippen LogP contribution in [-0.4, -0.2) is 16.3 Å². The lowest BCUT2D eigenvalue weighted by atomic mass is 10.1. The Labute approximate surface area is 60.7 Å². The lowest BCUT2D eigenvalue weighted by Crippen LogP contribution is -2.21. The summed E-state index contributed by atoms with van der Waals surface area (Å²) in [6.07, 6.45) is 0.862. The molecule has 3 heteroatoms. The molecule has 0 aliphatic rings. The largest absolute Gasteiger partial charge is 0.480 e. The van der Waals surface area contributed by atoms with Gasteiger partial charge in [0.1, 0.15) is 5.25 Å². The molecule has 0 aliphatic carbocycles. The number of hydrogen-bond donors (Lipinski definition) is 2.